The van der Waals surface area contributed by atoms with Crippen molar-refractivity contribution in [1.29, 1.82) is 0 Å². The monoisotopic (exact) mass is 499 g/mol. The van der Waals surface area contributed by atoms with E-state index in [1.165, 1.54) is 0 Å². The number of hydrogen-bond donors (Lipinski definition) is 2. The van der Waals surface area contributed by atoms with Crippen LogP contribution in [0.2, 0.25) is 0 Å². The predicted molar refractivity (Wildman–Crippen MR) is 148 cm³/mol. The smallest absolute Gasteiger partial charge is 0.330 e. The molecule has 4 rings (SSSR count). The van der Waals surface area contributed by atoms with Crippen molar-refractivity contribution >= 4 is 17.6 Å². The highest BCUT2D eigenvalue weighted by atomic mass is 16.5. The largest absolute Gasteiger partial charge is 0.457 e. The highest BCUT2D eigenvalue weighted by Gasteiger charge is 2.32. The molecule has 2 aromatic rings. The lowest BCUT2D eigenvalue weighted by atomic mass is 9.98. The molecule has 2 unspecified atom stereocenters. The molecule has 2 aromatic carbocycles. The molecular weight excluding hydrogens is 462 g/mol. The number of para-hydroxylation sites is 1. The average molecular weight is 500 g/mol. The first-order chi connectivity index (χ1) is 17.8. The summed E-state index contributed by atoms with van der Waals surface area (Å²) in [5.41, 5.74) is 4.49. The Morgan fingerprint density at radius 1 is 1.16 bits per heavy atom. The summed E-state index contributed by atoms with van der Waals surface area (Å²) in [6.07, 6.45) is 7.65. The average Bonchev–Trinajstić information content (AvgIpc) is 3.29. The summed E-state index contributed by atoms with van der Waals surface area (Å²) in [6.45, 7) is 9.95. The Balaban J connectivity index is 1.68. The van der Waals surface area contributed by atoms with Gasteiger partial charge in [-0.25, -0.2) is 4.79 Å². The van der Waals surface area contributed by atoms with Crippen LogP contribution in [-0.2, 0) is 4.79 Å². The van der Waals surface area contributed by atoms with Crippen LogP contribution in [0.5, 0.6) is 11.5 Å². The summed E-state index contributed by atoms with van der Waals surface area (Å²) in [5.74, 6) is 1.96. The second kappa shape index (κ2) is 11.5. The number of nitrogens with one attached hydrogen (secondary N) is 2. The van der Waals surface area contributed by atoms with Gasteiger partial charge in [0.1, 0.15) is 11.5 Å². The van der Waals surface area contributed by atoms with E-state index in [0.717, 1.165) is 47.5 Å². The van der Waals surface area contributed by atoms with Crippen molar-refractivity contribution in [2.45, 2.75) is 66.3 Å². The van der Waals surface area contributed by atoms with Crippen LogP contribution in [0.3, 0.4) is 0 Å². The van der Waals surface area contributed by atoms with E-state index >= 15 is 0 Å². The molecule has 194 valence electrons. The molecule has 2 atom stereocenters. The molecule has 0 spiro atoms. The fourth-order valence-corrected chi connectivity index (χ4v) is 5.17. The van der Waals surface area contributed by atoms with Gasteiger partial charge >= 0.3 is 6.03 Å². The maximum absolute atomic E-state index is 13.5. The molecule has 1 aliphatic heterocycles. The van der Waals surface area contributed by atoms with Crippen LogP contribution < -0.4 is 20.3 Å². The molecule has 0 bridgehead atoms. The molecule has 0 radical (unpaired) electrons. The van der Waals surface area contributed by atoms with Crippen LogP contribution in [0, 0.1) is 12.8 Å². The number of benzene rings is 2. The Labute approximate surface area is 220 Å². The minimum Gasteiger partial charge on any atom is -0.457 e. The van der Waals surface area contributed by atoms with Crippen LogP contribution in [0.15, 0.2) is 83.2 Å². The van der Waals surface area contributed by atoms with Crippen molar-refractivity contribution in [2.24, 2.45) is 5.92 Å². The maximum atomic E-state index is 13.5. The highest BCUT2D eigenvalue weighted by Crippen LogP contribution is 2.36. The normalized spacial score (nSPS) is 21.3. The predicted octanol–water partition coefficient (Wildman–Crippen LogP) is 7.14. The summed E-state index contributed by atoms with van der Waals surface area (Å²) < 4.78 is 5.98. The quantitative estimate of drug-likeness (QED) is 0.398. The molecule has 0 saturated heterocycles. The van der Waals surface area contributed by atoms with E-state index in [1.807, 2.05) is 81.5 Å². The zero-order chi connectivity index (χ0) is 26.5. The van der Waals surface area contributed by atoms with Gasteiger partial charge in [0.05, 0.1) is 17.1 Å². The number of rotatable bonds is 7. The molecule has 37 heavy (non-hydrogen) atoms. The van der Waals surface area contributed by atoms with Gasteiger partial charge in [-0.05, 0) is 94.3 Å². The molecule has 1 fully saturated rings. The first-order valence-corrected chi connectivity index (χ1v) is 13.1. The Kier molecular flexibility index (Phi) is 8.17. The zero-order valence-electron chi connectivity index (χ0n) is 22.4. The zero-order valence-corrected chi connectivity index (χ0v) is 22.4. The summed E-state index contributed by atoms with van der Waals surface area (Å²) in [6, 6.07) is 15.2. The topological polar surface area (TPSA) is 70.7 Å². The van der Waals surface area contributed by atoms with Crippen molar-refractivity contribution in [3.8, 4) is 11.5 Å². The van der Waals surface area contributed by atoms with Gasteiger partial charge in [0, 0.05) is 17.2 Å². The molecule has 1 heterocycles. The fourth-order valence-electron chi connectivity index (χ4n) is 5.17. The summed E-state index contributed by atoms with van der Waals surface area (Å²) in [7, 11) is 0. The number of carbonyl (C=O) groups excluding carboxylic acids is 2. The molecule has 2 N–H and O–H groups in total. The van der Waals surface area contributed by atoms with Crippen molar-refractivity contribution in [3.63, 3.8) is 0 Å². The minimum atomic E-state index is -0.290. The Hall–Kier alpha value is -3.80. The van der Waals surface area contributed by atoms with E-state index in [-0.39, 0.29) is 18.0 Å². The molecule has 3 amide bonds. The van der Waals surface area contributed by atoms with Gasteiger partial charge in [-0.2, -0.15) is 0 Å². The standard InChI is InChI=1S/C31H37N3O3/c1-6-11-28-26(7-2)29(22(5)30(35)32-23-15-14-20(3)18-23)33-31(36)34(28)27-17-16-25(19-21(27)4)37-24-12-9-8-10-13-24/h6,8-13,16-17,19-20,23H,7,14-15,18H2,1-5H3,(H,32,35)(H,33,36)/b11-6-,29-22-. The molecule has 0 aromatic heterocycles. The van der Waals surface area contributed by atoms with Crippen LogP contribution in [0.4, 0.5) is 10.5 Å². The van der Waals surface area contributed by atoms with Gasteiger partial charge < -0.3 is 15.4 Å². The van der Waals surface area contributed by atoms with Gasteiger partial charge in [-0.3, -0.25) is 9.69 Å². The van der Waals surface area contributed by atoms with E-state index in [2.05, 4.69) is 17.6 Å². The summed E-state index contributed by atoms with van der Waals surface area (Å²) >= 11 is 0. The lowest BCUT2D eigenvalue weighted by Gasteiger charge is -2.34. The number of aryl methyl sites for hydroxylation is 1. The molecule has 6 nitrogen and oxygen atoms in total. The van der Waals surface area contributed by atoms with Gasteiger partial charge in [0.25, 0.3) is 0 Å². The van der Waals surface area contributed by atoms with Crippen LogP contribution >= 0.6 is 0 Å². The number of hydrogen-bond acceptors (Lipinski definition) is 3. The second-order valence-electron chi connectivity index (χ2n) is 9.93. The number of ether oxygens (including phenoxy) is 1. The highest BCUT2D eigenvalue weighted by molar-refractivity contribution is 6.03. The van der Waals surface area contributed by atoms with Gasteiger partial charge in [-0.1, -0.05) is 38.1 Å². The van der Waals surface area contributed by atoms with Crippen molar-refractivity contribution in [2.75, 3.05) is 4.90 Å². The minimum absolute atomic E-state index is 0.118. The van der Waals surface area contributed by atoms with Crippen LogP contribution in [0.1, 0.15) is 58.9 Å². The van der Waals surface area contributed by atoms with Gasteiger partial charge in [0.2, 0.25) is 5.91 Å². The van der Waals surface area contributed by atoms with E-state index < -0.39 is 0 Å². The Morgan fingerprint density at radius 3 is 2.54 bits per heavy atom. The number of allylic oxidation sites excluding steroid dienone is 3. The Bertz CT molecular complexity index is 1260. The van der Waals surface area contributed by atoms with E-state index in [1.54, 1.807) is 11.8 Å². The third kappa shape index (κ3) is 5.79. The number of carbonyl (C=O) groups is 2. The van der Waals surface area contributed by atoms with E-state index in [0.29, 0.717) is 29.4 Å². The van der Waals surface area contributed by atoms with E-state index in [4.69, 9.17) is 4.74 Å². The van der Waals surface area contributed by atoms with Crippen LogP contribution in [0.25, 0.3) is 0 Å². The molecule has 1 aliphatic carbocycles. The first kappa shape index (κ1) is 26.3. The number of anilines is 1. The third-order valence-electron chi connectivity index (χ3n) is 7.10. The van der Waals surface area contributed by atoms with Crippen LogP contribution in [-0.4, -0.2) is 18.0 Å². The van der Waals surface area contributed by atoms with Crippen molar-refractivity contribution in [1.82, 2.24) is 10.6 Å². The first-order valence-electron chi connectivity index (χ1n) is 13.1. The van der Waals surface area contributed by atoms with Crippen molar-refractivity contribution in [3.05, 3.63) is 88.8 Å². The maximum Gasteiger partial charge on any atom is 0.330 e. The number of urea groups is 1. The van der Waals surface area contributed by atoms with Gasteiger partial charge in [-0.15, -0.1) is 0 Å². The Morgan fingerprint density at radius 2 is 1.92 bits per heavy atom. The summed E-state index contributed by atoms with van der Waals surface area (Å²) in [4.78, 5) is 28.4. The number of nitrogens with zero attached hydrogens (tertiary/aromatic N) is 1. The lowest BCUT2D eigenvalue weighted by Crippen LogP contribution is -2.45. The summed E-state index contributed by atoms with van der Waals surface area (Å²) in [5, 5.41) is 6.21. The molecule has 1 saturated carbocycles. The molecule has 2 aliphatic rings. The SMILES string of the molecule is C/C=C\C1=C(CC)C(=C(\C)C(=O)NC2CCC(C)C2)/NC(=O)N1c1ccc(Oc2ccccc2)cc1C. The van der Waals surface area contributed by atoms with E-state index in [9.17, 15) is 9.59 Å². The third-order valence-corrected chi connectivity index (χ3v) is 7.10. The molecule has 6 heteroatoms. The molecular formula is C31H37N3O3. The van der Waals surface area contributed by atoms with Crippen molar-refractivity contribution < 1.29 is 14.3 Å². The number of amides is 3. The van der Waals surface area contributed by atoms with Gasteiger partial charge in [0.15, 0.2) is 0 Å². The second-order valence-corrected chi connectivity index (χ2v) is 9.93. The lowest BCUT2D eigenvalue weighted by molar-refractivity contribution is -0.118. The fraction of sp³-hybridized carbons (Fsp3) is 0.355.